The van der Waals surface area contributed by atoms with Gasteiger partial charge < -0.3 is 24.8 Å². The number of carbonyl (C=O) groups excluding carboxylic acids is 1. The molecule has 4 bridgehead atoms. The van der Waals surface area contributed by atoms with Crippen molar-refractivity contribution in [3.63, 3.8) is 0 Å². The predicted octanol–water partition coefficient (Wildman–Crippen LogP) is 3.54. The summed E-state index contributed by atoms with van der Waals surface area (Å²) < 4.78 is 12.6. The number of nitrogens with zero attached hydrogens (tertiary/aromatic N) is 7. The third kappa shape index (κ3) is 5.07. The predicted molar refractivity (Wildman–Crippen MR) is 160 cm³/mol. The molecular weight excluding hydrogens is 560 g/mol. The fraction of sp³-hybridized carbons (Fsp3) is 0.438. The maximum absolute atomic E-state index is 13.2. The first-order valence-electron chi connectivity index (χ1n) is 14.8. The molecule has 4 atom stereocenters. The summed E-state index contributed by atoms with van der Waals surface area (Å²) in [7, 11) is 1.55. The number of rotatable bonds is 8. The standard InChI is InChI=1S/C32H34N8O4/c1-31(2,42)18-44-24-8-25(29-21(12-33)14-37-39(29)17-24)26-15-35-27(16-34-26)40-22-6-19-7-23(40)11-32(9-19,10-22)38-30(41)20-4-5-28(43-3)36-13-20/h4-5,8,13-17,19,22-23,42H,6-7,9-11,18H2,1-3H3,(H,38,41)/t19-,22-,23+,32-. The number of carbonyl (C=O) groups is 1. The van der Waals surface area contributed by atoms with Gasteiger partial charge in [-0.05, 0) is 64.0 Å². The number of piperidine rings is 2. The topological polar surface area (TPSA) is 151 Å². The van der Waals surface area contributed by atoms with Crippen molar-refractivity contribution in [1.29, 1.82) is 5.26 Å². The van der Waals surface area contributed by atoms with Gasteiger partial charge in [-0.3, -0.25) is 9.78 Å². The minimum absolute atomic E-state index is 0.0899. The number of anilines is 1. The zero-order chi connectivity index (χ0) is 30.6. The second-order valence-corrected chi connectivity index (χ2v) is 12.9. The summed E-state index contributed by atoms with van der Waals surface area (Å²) in [5.74, 6) is 2.23. The van der Waals surface area contributed by atoms with Gasteiger partial charge in [-0.25, -0.2) is 14.5 Å². The zero-order valence-electron chi connectivity index (χ0n) is 24.9. The van der Waals surface area contributed by atoms with E-state index in [2.05, 4.69) is 26.4 Å². The highest BCUT2D eigenvalue weighted by atomic mass is 16.5. The van der Waals surface area contributed by atoms with Crippen LogP contribution in [0.25, 0.3) is 16.8 Å². The van der Waals surface area contributed by atoms with E-state index in [4.69, 9.17) is 19.4 Å². The Morgan fingerprint density at radius 1 is 1.14 bits per heavy atom. The van der Waals surface area contributed by atoms with Gasteiger partial charge in [0.2, 0.25) is 5.88 Å². The van der Waals surface area contributed by atoms with Crippen molar-refractivity contribution in [3.05, 3.63) is 60.3 Å². The van der Waals surface area contributed by atoms with Crippen LogP contribution in [-0.2, 0) is 0 Å². The summed E-state index contributed by atoms with van der Waals surface area (Å²) in [6.45, 7) is 3.43. The Morgan fingerprint density at radius 2 is 1.93 bits per heavy atom. The Kier molecular flexibility index (Phi) is 6.66. The van der Waals surface area contributed by atoms with Crippen LogP contribution in [0.3, 0.4) is 0 Å². The molecule has 12 heteroatoms. The summed E-state index contributed by atoms with van der Waals surface area (Å²) in [6, 6.07) is 7.97. The number of pyridine rings is 2. The first kappa shape index (κ1) is 28.0. The molecule has 226 valence electrons. The molecule has 6 heterocycles. The molecule has 0 unspecified atom stereocenters. The van der Waals surface area contributed by atoms with Crippen molar-refractivity contribution in [3.8, 4) is 29.0 Å². The number of methoxy groups -OCH3 is 1. The van der Waals surface area contributed by atoms with Gasteiger partial charge in [0.1, 0.15) is 24.2 Å². The van der Waals surface area contributed by atoms with Crippen LogP contribution >= 0.6 is 0 Å². The van der Waals surface area contributed by atoms with E-state index in [-0.39, 0.29) is 30.1 Å². The average Bonchev–Trinajstić information content (AvgIpc) is 3.42. The highest BCUT2D eigenvalue weighted by Gasteiger charge is 2.55. The molecule has 2 aliphatic carbocycles. The van der Waals surface area contributed by atoms with E-state index in [1.165, 1.54) is 6.20 Å². The van der Waals surface area contributed by atoms with Gasteiger partial charge in [0.05, 0.1) is 59.8 Å². The minimum Gasteiger partial charge on any atom is -0.489 e. The van der Waals surface area contributed by atoms with Crippen LogP contribution in [0, 0.1) is 17.2 Å². The molecule has 0 aromatic carbocycles. The fourth-order valence-electron chi connectivity index (χ4n) is 7.41. The lowest BCUT2D eigenvalue weighted by Crippen LogP contribution is -2.69. The van der Waals surface area contributed by atoms with Crippen molar-refractivity contribution >= 4 is 17.2 Å². The van der Waals surface area contributed by atoms with Crippen LogP contribution in [0.1, 0.15) is 61.9 Å². The number of hydrogen-bond acceptors (Lipinski definition) is 10. The molecule has 2 saturated carbocycles. The SMILES string of the molecule is COc1ccc(C(=O)N[C@]23C[C@@H]4C[C@H](C2)N(c2cnc(-c5cc(OCC(C)(C)O)cn6ncc(C#N)c56)cn2)[C@@H](C4)C3)cn1. The van der Waals surface area contributed by atoms with Crippen LogP contribution in [-0.4, -0.2) is 72.5 Å². The van der Waals surface area contributed by atoms with Crippen molar-refractivity contribution in [2.45, 2.75) is 69.2 Å². The Morgan fingerprint density at radius 3 is 2.57 bits per heavy atom. The Bertz CT molecular complexity index is 1740. The van der Waals surface area contributed by atoms with E-state index in [0.717, 1.165) is 37.9 Å². The summed E-state index contributed by atoms with van der Waals surface area (Å²) in [4.78, 5) is 29.5. The van der Waals surface area contributed by atoms with E-state index >= 15 is 0 Å². The number of amides is 1. The molecule has 2 aliphatic heterocycles. The average molecular weight is 595 g/mol. The van der Waals surface area contributed by atoms with E-state index in [1.807, 2.05) is 0 Å². The molecule has 4 aromatic rings. The molecule has 4 aliphatic rings. The number of fused-ring (bicyclic) bond motifs is 1. The van der Waals surface area contributed by atoms with Crippen LogP contribution in [0.15, 0.2) is 49.2 Å². The number of nitrogens with one attached hydrogen (secondary N) is 1. The second kappa shape index (κ2) is 10.4. The van der Waals surface area contributed by atoms with Crippen molar-refractivity contribution < 1.29 is 19.4 Å². The molecular formula is C32H34N8O4. The maximum Gasteiger partial charge on any atom is 0.253 e. The molecule has 12 nitrogen and oxygen atoms in total. The van der Waals surface area contributed by atoms with E-state index in [9.17, 15) is 15.2 Å². The Labute approximate surface area is 254 Å². The summed E-state index contributed by atoms with van der Waals surface area (Å²) in [6.07, 6.45) is 13.1. The molecule has 1 amide bonds. The molecule has 0 spiro atoms. The summed E-state index contributed by atoms with van der Waals surface area (Å²) in [5, 5.41) is 27.6. The fourth-order valence-corrected chi connectivity index (χ4v) is 7.41. The number of nitriles is 1. The summed E-state index contributed by atoms with van der Waals surface area (Å²) >= 11 is 0. The number of aromatic nitrogens is 5. The number of aliphatic hydroxyl groups is 1. The van der Waals surface area contributed by atoms with Gasteiger partial charge in [0, 0.05) is 35.4 Å². The normalized spacial score (nSPS) is 23.9. The third-order valence-electron chi connectivity index (χ3n) is 8.99. The molecule has 2 N–H and O–H groups in total. The van der Waals surface area contributed by atoms with Crippen LogP contribution in [0.4, 0.5) is 5.82 Å². The van der Waals surface area contributed by atoms with Gasteiger partial charge in [0.25, 0.3) is 5.91 Å². The summed E-state index contributed by atoms with van der Waals surface area (Å²) in [5.41, 5.74) is 1.56. The van der Waals surface area contributed by atoms with Crippen LogP contribution in [0.2, 0.25) is 0 Å². The first-order chi connectivity index (χ1) is 21.1. The van der Waals surface area contributed by atoms with Crippen molar-refractivity contribution in [1.82, 2.24) is 29.9 Å². The quantitative estimate of drug-likeness (QED) is 0.310. The van der Waals surface area contributed by atoms with Gasteiger partial charge in [-0.15, -0.1) is 0 Å². The molecule has 0 radical (unpaired) electrons. The van der Waals surface area contributed by atoms with E-state index in [0.29, 0.717) is 45.4 Å². The lowest BCUT2D eigenvalue weighted by atomic mass is 9.59. The monoisotopic (exact) mass is 594 g/mol. The Balaban J connectivity index is 1.13. The number of hydrogen-bond donors (Lipinski definition) is 2. The largest absolute Gasteiger partial charge is 0.489 e. The highest BCUT2D eigenvalue weighted by molar-refractivity contribution is 5.94. The first-order valence-corrected chi connectivity index (χ1v) is 14.8. The lowest BCUT2D eigenvalue weighted by molar-refractivity contribution is 0.0283. The lowest BCUT2D eigenvalue weighted by Gasteiger charge is -2.62. The van der Waals surface area contributed by atoms with Crippen molar-refractivity contribution in [2.75, 3.05) is 18.6 Å². The third-order valence-corrected chi connectivity index (χ3v) is 8.99. The van der Waals surface area contributed by atoms with E-state index < -0.39 is 5.60 Å². The molecule has 44 heavy (non-hydrogen) atoms. The molecule has 4 fully saturated rings. The van der Waals surface area contributed by atoms with Crippen LogP contribution in [0.5, 0.6) is 11.6 Å². The molecule has 4 aromatic heterocycles. The van der Waals surface area contributed by atoms with Gasteiger partial charge >= 0.3 is 0 Å². The Hall–Kier alpha value is -4.76. The molecule has 8 rings (SSSR count). The highest BCUT2D eigenvalue weighted by Crippen LogP contribution is 2.52. The van der Waals surface area contributed by atoms with Gasteiger partial charge in [-0.2, -0.15) is 10.4 Å². The van der Waals surface area contributed by atoms with Crippen molar-refractivity contribution in [2.24, 2.45) is 5.92 Å². The molecule has 2 saturated heterocycles. The van der Waals surface area contributed by atoms with E-state index in [1.54, 1.807) is 68.5 Å². The number of ether oxygens (including phenoxy) is 2. The minimum atomic E-state index is -1.01. The van der Waals surface area contributed by atoms with Gasteiger partial charge in [0.15, 0.2) is 0 Å². The zero-order valence-corrected chi connectivity index (χ0v) is 24.9. The second-order valence-electron chi connectivity index (χ2n) is 12.9. The maximum atomic E-state index is 13.2. The smallest absolute Gasteiger partial charge is 0.253 e. The van der Waals surface area contributed by atoms with Crippen LogP contribution < -0.4 is 19.7 Å². The van der Waals surface area contributed by atoms with Gasteiger partial charge in [-0.1, -0.05) is 0 Å².